The quantitative estimate of drug-likeness (QED) is 0.857. The van der Waals surface area contributed by atoms with Gasteiger partial charge in [-0.1, -0.05) is 11.6 Å². The molecule has 108 valence electrons. The molecule has 0 spiro atoms. The van der Waals surface area contributed by atoms with Crippen LogP contribution in [0.5, 0.6) is 0 Å². The van der Waals surface area contributed by atoms with Gasteiger partial charge in [0.05, 0.1) is 17.3 Å². The van der Waals surface area contributed by atoms with Crippen molar-refractivity contribution >= 4 is 23.3 Å². The summed E-state index contributed by atoms with van der Waals surface area (Å²) in [6.45, 7) is 1.40. The van der Waals surface area contributed by atoms with E-state index in [4.69, 9.17) is 11.6 Å². The summed E-state index contributed by atoms with van der Waals surface area (Å²) in [5.41, 5.74) is 0.481. The van der Waals surface area contributed by atoms with Gasteiger partial charge in [0.25, 0.3) is 5.91 Å². The maximum atomic E-state index is 12.6. The van der Waals surface area contributed by atoms with E-state index in [1.807, 2.05) is 0 Å². The second-order valence-electron chi connectivity index (χ2n) is 5.78. The lowest BCUT2D eigenvalue weighted by molar-refractivity contribution is 0.0827. The number of pyridine rings is 1. The van der Waals surface area contributed by atoms with Gasteiger partial charge < -0.3 is 9.80 Å². The number of carbonyl (C=O) groups is 1. The van der Waals surface area contributed by atoms with Gasteiger partial charge in [-0.25, -0.2) is 4.98 Å². The Morgan fingerprint density at radius 2 is 2.15 bits per heavy atom. The highest BCUT2D eigenvalue weighted by Gasteiger charge is 2.55. The van der Waals surface area contributed by atoms with Crippen molar-refractivity contribution in [3.8, 4) is 0 Å². The molecular formula is C14H17ClFN3O. The van der Waals surface area contributed by atoms with Crippen LogP contribution in [0.3, 0.4) is 0 Å². The van der Waals surface area contributed by atoms with Gasteiger partial charge in [-0.15, -0.1) is 0 Å². The van der Waals surface area contributed by atoms with Crippen molar-refractivity contribution in [3.63, 3.8) is 0 Å². The Morgan fingerprint density at radius 3 is 2.65 bits per heavy atom. The fraction of sp³-hybridized carbons (Fsp3) is 0.571. The molecule has 1 saturated carbocycles. The molecule has 2 aliphatic rings. The number of amides is 1. The van der Waals surface area contributed by atoms with E-state index in [1.54, 1.807) is 26.4 Å². The number of alkyl halides is 1. The number of rotatable bonds is 3. The molecule has 1 unspecified atom stereocenters. The number of fused-ring (bicyclic) bond motifs is 1. The monoisotopic (exact) mass is 297 g/mol. The molecule has 3 atom stereocenters. The van der Waals surface area contributed by atoms with Gasteiger partial charge in [0.15, 0.2) is 0 Å². The normalized spacial score (nSPS) is 27.4. The first-order valence-corrected chi connectivity index (χ1v) is 7.09. The zero-order valence-corrected chi connectivity index (χ0v) is 12.3. The lowest BCUT2D eigenvalue weighted by Gasteiger charge is -2.22. The van der Waals surface area contributed by atoms with Crippen LogP contribution in [0.25, 0.3) is 0 Å². The fourth-order valence-electron chi connectivity index (χ4n) is 3.09. The standard InChI is InChI=1S/C14H17ClFN3O/c1-18(2)14(20)8-3-12(15)13(17-5-8)19-6-10-9(4-16)11(10)7-19/h3,5,9-11H,4,6-7H2,1-2H3/t9?,10-,11+. The molecule has 1 saturated heterocycles. The maximum absolute atomic E-state index is 12.6. The number of halogens is 2. The van der Waals surface area contributed by atoms with Crippen LogP contribution in [0, 0.1) is 17.8 Å². The van der Waals surface area contributed by atoms with E-state index in [0.29, 0.717) is 28.2 Å². The first kappa shape index (κ1) is 13.6. The summed E-state index contributed by atoms with van der Waals surface area (Å²) in [5, 5.41) is 0.482. The maximum Gasteiger partial charge on any atom is 0.254 e. The number of hydrogen-bond acceptors (Lipinski definition) is 3. The summed E-state index contributed by atoms with van der Waals surface area (Å²) in [7, 11) is 3.38. The van der Waals surface area contributed by atoms with Crippen molar-refractivity contribution in [2.24, 2.45) is 17.8 Å². The molecule has 1 amide bonds. The molecule has 1 aliphatic carbocycles. The second-order valence-corrected chi connectivity index (χ2v) is 6.19. The molecule has 4 nitrogen and oxygen atoms in total. The molecule has 2 fully saturated rings. The zero-order chi connectivity index (χ0) is 14.4. The van der Waals surface area contributed by atoms with E-state index in [9.17, 15) is 9.18 Å². The number of aromatic nitrogens is 1. The Balaban J connectivity index is 1.75. The topological polar surface area (TPSA) is 36.4 Å². The molecule has 2 heterocycles. The van der Waals surface area contributed by atoms with Gasteiger partial charge >= 0.3 is 0 Å². The summed E-state index contributed by atoms with van der Waals surface area (Å²) in [6, 6.07) is 1.66. The lowest BCUT2D eigenvalue weighted by Crippen LogP contribution is -2.26. The zero-order valence-electron chi connectivity index (χ0n) is 11.5. The Hall–Kier alpha value is -1.36. The second kappa shape index (κ2) is 4.88. The highest BCUT2D eigenvalue weighted by molar-refractivity contribution is 6.33. The van der Waals surface area contributed by atoms with Gasteiger partial charge in [-0.05, 0) is 23.8 Å². The molecular weight excluding hydrogens is 281 g/mol. The third-order valence-electron chi connectivity index (χ3n) is 4.32. The Morgan fingerprint density at radius 1 is 1.50 bits per heavy atom. The summed E-state index contributed by atoms with van der Waals surface area (Å²) in [6.07, 6.45) is 1.56. The van der Waals surface area contributed by atoms with Crippen LogP contribution in [-0.4, -0.2) is 49.7 Å². The number of hydrogen-bond donors (Lipinski definition) is 0. The van der Waals surface area contributed by atoms with E-state index in [2.05, 4.69) is 9.88 Å². The predicted octanol–water partition coefficient (Wildman–Crippen LogP) is 2.09. The highest BCUT2D eigenvalue weighted by Crippen LogP contribution is 2.52. The van der Waals surface area contributed by atoms with Crippen LogP contribution in [0.15, 0.2) is 12.3 Å². The lowest BCUT2D eigenvalue weighted by atomic mass is 10.2. The smallest absolute Gasteiger partial charge is 0.254 e. The van der Waals surface area contributed by atoms with Crippen molar-refractivity contribution in [3.05, 3.63) is 22.8 Å². The van der Waals surface area contributed by atoms with Crippen LogP contribution in [0.1, 0.15) is 10.4 Å². The minimum Gasteiger partial charge on any atom is -0.355 e. The first-order valence-electron chi connectivity index (χ1n) is 6.71. The molecule has 0 N–H and O–H groups in total. The summed E-state index contributed by atoms with van der Waals surface area (Å²) in [5.74, 6) is 1.71. The average Bonchev–Trinajstić information content (AvgIpc) is 2.89. The average molecular weight is 298 g/mol. The summed E-state index contributed by atoms with van der Waals surface area (Å²) < 4.78 is 12.6. The molecule has 3 rings (SSSR count). The van der Waals surface area contributed by atoms with Crippen LogP contribution in [0.4, 0.5) is 10.2 Å². The van der Waals surface area contributed by atoms with Crippen molar-refractivity contribution in [1.82, 2.24) is 9.88 Å². The van der Waals surface area contributed by atoms with Gasteiger partial charge in [-0.2, -0.15) is 0 Å². The third-order valence-corrected chi connectivity index (χ3v) is 4.60. The molecule has 6 heteroatoms. The van der Waals surface area contributed by atoms with E-state index in [1.165, 1.54) is 4.90 Å². The largest absolute Gasteiger partial charge is 0.355 e. The third kappa shape index (κ3) is 2.14. The molecule has 1 aliphatic heterocycles. The van der Waals surface area contributed by atoms with Gasteiger partial charge in [0, 0.05) is 33.4 Å². The molecule has 0 bridgehead atoms. The summed E-state index contributed by atoms with van der Waals surface area (Å²) in [4.78, 5) is 19.7. The van der Waals surface area contributed by atoms with Crippen LogP contribution < -0.4 is 4.90 Å². The predicted molar refractivity (Wildman–Crippen MR) is 75.9 cm³/mol. The van der Waals surface area contributed by atoms with E-state index in [0.717, 1.165) is 13.1 Å². The van der Waals surface area contributed by atoms with Crippen molar-refractivity contribution < 1.29 is 9.18 Å². The van der Waals surface area contributed by atoms with Crippen LogP contribution >= 0.6 is 11.6 Å². The minimum absolute atomic E-state index is 0.118. The van der Waals surface area contributed by atoms with Gasteiger partial charge in [0.1, 0.15) is 5.82 Å². The Labute approximate surface area is 122 Å². The number of nitrogens with zero attached hydrogens (tertiary/aromatic N) is 3. The number of carbonyl (C=O) groups excluding carboxylic acids is 1. The highest BCUT2D eigenvalue weighted by atomic mass is 35.5. The SMILES string of the molecule is CN(C)C(=O)c1cnc(N2C[C@@H]3C(CF)[C@@H]3C2)c(Cl)c1. The molecule has 1 aromatic rings. The minimum atomic E-state index is -0.222. The number of anilines is 1. The van der Waals surface area contributed by atoms with Crippen molar-refractivity contribution in [2.75, 3.05) is 38.8 Å². The van der Waals surface area contributed by atoms with E-state index in [-0.39, 0.29) is 18.5 Å². The van der Waals surface area contributed by atoms with Gasteiger partial charge in [0.2, 0.25) is 0 Å². The molecule has 0 radical (unpaired) electrons. The number of piperidine rings is 1. The van der Waals surface area contributed by atoms with Crippen LogP contribution in [0.2, 0.25) is 5.02 Å². The van der Waals surface area contributed by atoms with E-state index >= 15 is 0 Å². The van der Waals surface area contributed by atoms with Gasteiger partial charge in [-0.3, -0.25) is 9.18 Å². The first-order chi connectivity index (χ1) is 9.52. The van der Waals surface area contributed by atoms with Crippen LogP contribution in [-0.2, 0) is 0 Å². The molecule has 20 heavy (non-hydrogen) atoms. The van der Waals surface area contributed by atoms with E-state index < -0.39 is 0 Å². The van der Waals surface area contributed by atoms with Crippen molar-refractivity contribution in [2.45, 2.75) is 0 Å². The Bertz CT molecular complexity index is 539. The fourth-order valence-corrected chi connectivity index (χ4v) is 3.38. The Kier molecular flexibility index (Phi) is 3.32. The van der Waals surface area contributed by atoms with Crippen molar-refractivity contribution in [1.29, 1.82) is 0 Å². The molecule has 0 aromatic carbocycles. The summed E-state index contributed by atoms with van der Waals surface area (Å²) >= 11 is 6.24. The molecule has 1 aromatic heterocycles.